The summed E-state index contributed by atoms with van der Waals surface area (Å²) in [4.78, 5) is 10.8. The average molecular weight is 331 g/mol. The van der Waals surface area contributed by atoms with Crippen LogP contribution in [0.5, 0.6) is 17.2 Å². The quantitative estimate of drug-likeness (QED) is 0.768. The number of hydrogen-bond acceptors (Lipinski definition) is 7. The van der Waals surface area contributed by atoms with Gasteiger partial charge >= 0.3 is 0 Å². The molecule has 0 saturated heterocycles. The average Bonchev–Trinajstić information content (AvgIpc) is 2.95. The minimum atomic E-state index is 0.555. The van der Waals surface area contributed by atoms with Crippen LogP contribution in [0.2, 0.25) is 0 Å². The zero-order chi connectivity index (χ0) is 16.4. The Balaban J connectivity index is 2.05. The second-order valence-electron chi connectivity index (χ2n) is 4.84. The van der Waals surface area contributed by atoms with Gasteiger partial charge in [-0.2, -0.15) is 0 Å². The van der Waals surface area contributed by atoms with E-state index in [1.54, 1.807) is 39.0 Å². The van der Waals surface area contributed by atoms with Gasteiger partial charge in [-0.15, -0.1) is 11.3 Å². The SMILES string of the molecule is COc1cc(Nc2ncnc3sc(C)cc23)cc(OC)c1OC. The second kappa shape index (κ2) is 6.29. The van der Waals surface area contributed by atoms with Crippen LogP contribution in [0.1, 0.15) is 4.88 Å². The standard InChI is InChI=1S/C16H17N3O3S/c1-9-5-11-15(17-8-18-16(11)23-9)19-10-6-12(20-2)14(22-4)13(7-10)21-3/h5-8H,1-4H3,(H,17,18,19). The fraction of sp³-hybridized carbons (Fsp3) is 0.250. The number of fused-ring (bicyclic) bond motifs is 1. The smallest absolute Gasteiger partial charge is 0.203 e. The Morgan fingerprint density at radius 1 is 0.957 bits per heavy atom. The number of nitrogens with zero attached hydrogens (tertiary/aromatic N) is 2. The molecule has 0 atom stereocenters. The Morgan fingerprint density at radius 3 is 2.26 bits per heavy atom. The molecule has 23 heavy (non-hydrogen) atoms. The number of thiophene rings is 1. The third kappa shape index (κ3) is 2.87. The lowest BCUT2D eigenvalue weighted by molar-refractivity contribution is 0.324. The van der Waals surface area contributed by atoms with Crippen LogP contribution in [0.3, 0.4) is 0 Å². The third-order valence-corrected chi connectivity index (χ3v) is 4.34. The monoisotopic (exact) mass is 331 g/mol. The van der Waals surface area contributed by atoms with Gasteiger partial charge in [0.25, 0.3) is 0 Å². The molecule has 7 heteroatoms. The van der Waals surface area contributed by atoms with Crippen molar-refractivity contribution in [2.24, 2.45) is 0 Å². The molecular weight excluding hydrogens is 314 g/mol. The molecular formula is C16H17N3O3S. The van der Waals surface area contributed by atoms with E-state index in [0.29, 0.717) is 17.2 Å². The van der Waals surface area contributed by atoms with Crippen LogP contribution >= 0.6 is 11.3 Å². The Kier molecular flexibility index (Phi) is 4.20. The van der Waals surface area contributed by atoms with Gasteiger partial charge in [0, 0.05) is 22.7 Å². The number of hydrogen-bond donors (Lipinski definition) is 1. The van der Waals surface area contributed by atoms with E-state index in [-0.39, 0.29) is 0 Å². The molecule has 1 N–H and O–H groups in total. The molecule has 3 rings (SSSR count). The van der Waals surface area contributed by atoms with Gasteiger partial charge in [0.2, 0.25) is 5.75 Å². The van der Waals surface area contributed by atoms with Crippen molar-refractivity contribution in [1.82, 2.24) is 9.97 Å². The van der Waals surface area contributed by atoms with Crippen LogP contribution in [0.15, 0.2) is 24.5 Å². The van der Waals surface area contributed by atoms with Crippen molar-refractivity contribution < 1.29 is 14.2 Å². The topological polar surface area (TPSA) is 65.5 Å². The minimum Gasteiger partial charge on any atom is -0.493 e. The zero-order valence-electron chi connectivity index (χ0n) is 13.3. The zero-order valence-corrected chi connectivity index (χ0v) is 14.2. The number of ether oxygens (including phenoxy) is 3. The Bertz CT molecular complexity index is 823. The molecule has 0 aliphatic carbocycles. The summed E-state index contributed by atoms with van der Waals surface area (Å²) in [5, 5.41) is 4.29. The maximum atomic E-state index is 5.37. The van der Waals surface area contributed by atoms with Crippen molar-refractivity contribution in [1.29, 1.82) is 0 Å². The molecule has 0 fully saturated rings. The Labute approximate surface area is 138 Å². The molecule has 0 aliphatic heterocycles. The van der Waals surface area contributed by atoms with Crippen molar-refractivity contribution in [2.75, 3.05) is 26.6 Å². The number of anilines is 2. The predicted molar refractivity (Wildman–Crippen MR) is 91.5 cm³/mol. The van der Waals surface area contributed by atoms with Gasteiger partial charge in [0.05, 0.1) is 26.7 Å². The lowest BCUT2D eigenvalue weighted by Crippen LogP contribution is -1.99. The first-order valence-electron chi connectivity index (χ1n) is 6.94. The van der Waals surface area contributed by atoms with Crippen molar-refractivity contribution in [3.63, 3.8) is 0 Å². The summed E-state index contributed by atoms with van der Waals surface area (Å²) in [6.07, 6.45) is 1.55. The molecule has 1 aromatic carbocycles. The summed E-state index contributed by atoms with van der Waals surface area (Å²) >= 11 is 1.64. The molecule has 2 aromatic heterocycles. The summed E-state index contributed by atoms with van der Waals surface area (Å²) < 4.78 is 16.1. The third-order valence-electron chi connectivity index (χ3n) is 3.38. The highest BCUT2D eigenvalue weighted by atomic mass is 32.1. The highest BCUT2D eigenvalue weighted by molar-refractivity contribution is 7.18. The molecule has 0 unspecified atom stereocenters. The molecule has 0 aliphatic rings. The van der Waals surface area contributed by atoms with Gasteiger partial charge < -0.3 is 19.5 Å². The van der Waals surface area contributed by atoms with E-state index in [9.17, 15) is 0 Å². The molecule has 0 spiro atoms. The van der Waals surface area contributed by atoms with Gasteiger partial charge in [-0.3, -0.25) is 0 Å². The highest BCUT2D eigenvalue weighted by Gasteiger charge is 2.14. The van der Waals surface area contributed by atoms with Crippen molar-refractivity contribution >= 4 is 33.1 Å². The van der Waals surface area contributed by atoms with Crippen LogP contribution in [-0.2, 0) is 0 Å². The van der Waals surface area contributed by atoms with Crippen LogP contribution in [0, 0.1) is 6.92 Å². The molecule has 0 saturated carbocycles. The number of rotatable bonds is 5. The van der Waals surface area contributed by atoms with E-state index < -0.39 is 0 Å². The summed E-state index contributed by atoms with van der Waals surface area (Å²) in [5.74, 6) is 2.47. The van der Waals surface area contributed by atoms with Crippen molar-refractivity contribution in [2.45, 2.75) is 6.92 Å². The van der Waals surface area contributed by atoms with Crippen molar-refractivity contribution in [3.05, 3.63) is 29.4 Å². The van der Waals surface area contributed by atoms with E-state index >= 15 is 0 Å². The van der Waals surface area contributed by atoms with Crippen molar-refractivity contribution in [3.8, 4) is 17.2 Å². The molecule has 120 valence electrons. The van der Waals surface area contributed by atoms with E-state index in [1.807, 2.05) is 12.1 Å². The molecule has 3 aromatic rings. The summed E-state index contributed by atoms with van der Waals surface area (Å²) in [6, 6.07) is 5.75. The lowest BCUT2D eigenvalue weighted by atomic mass is 10.2. The normalized spacial score (nSPS) is 10.6. The van der Waals surface area contributed by atoms with Crippen LogP contribution < -0.4 is 19.5 Å². The van der Waals surface area contributed by atoms with E-state index in [4.69, 9.17) is 14.2 Å². The fourth-order valence-corrected chi connectivity index (χ4v) is 3.21. The Hall–Kier alpha value is -2.54. The maximum absolute atomic E-state index is 5.37. The molecule has 0 amide bonds. The largest absolute Gasteiger partial charge is 0.493 e. The van der Waals surface area contributed by atoms with Gasteiger partial charge in [-0.1, -0.05) is 0 Å². The number of aromatic nitrogens is 2. The summed E-state index contributed by atoms with van der Waals surface area (Å²) in [6.45, 7) is 2.05. The maximum Gasteiger partial charge on any atom is 0.203 e. The molecule has 0 radical (unpaired) electrons. The highest BCUT2D eigenvalue weighted by Crippen LogP contribution is 2.41. The lowest BCUT2D eigenvalue weighted by Gasteiger charge is -2.15. The van der Waals surface area contributed by atoms with E-state index in [0.717, 1.165) is 21.7 Å². The first-order valence-corrected chi connectivity index (χ1v) is 7.76. The van der Waals surface area contributed by atoms with Crippen LogP contribution in [0.4, 0.5) is 11.5 Å². The van der Waals surface area contributed by atoms with Crippen LogP contribution in [-0.4, -0.2) is 31.3 Å². The second-order valence-corrected chi connectivity index (χ2v) is 6.07. The fourth-order valence-electron chi connectivity index (χ4n) is 2.37. The van der Waals surface area contributed by atoms with Gasteiger partial charge in [0.15, 0.2) is 11.5 Å². The van der Waals surface area contributed by atoms with Crippen LogP contribution in [0.25, 0.3) is 10.2 Å². The van der Waals surface area contributed by atoms with E-state index in [1.165, 1.54) is 4.88 Å². The molecule has 6 nitrogen and oxygen atoms in total. The first-order chi connectivity index (χ1) is 11.2. The van der Waals surface area contributed by atoms with Gasteiger partial charge in [-0.05, 0) is 13.0 Å². The number of aryl methyl sites for hydroxylation is 1. The Morgan fingerprint density at radius 2 is 1.65 bits per heavy atom. The van der Waals surface area contributed by atoms with Gasteiger partial charge in [0.1, 0.15) is 17.0 Å². The number of nitrogens with one attached hydrogen (secondary N) is 1. The summed E-state index contributed by atoms with van der Waals surface area (Å²) in [5.41, 5.74) is 0.795. The number of methoxy groups -OCH3 is 3. The van der Waals surface area contributed by atoms with E-state index in [2.05, 4.69) is 28.3 Å². The molecule has 2 heterocycles. The van der Waals surface area contributed by atoms with Gasteiger partial charge in [-0.25, -0.2) is 9.97 Å². The minimum absolute atomic E-state index is 0.555. The first kappa shape index (κ1) is 15.4. The summed E-state index contributed by atoms with van der Waals surface area (Å²) in [7, 11) is 4.76. The number of benzene rings is 1. The molecule has 0 bridgehead atoms. The predicted octanol–water partition coefficient (Wildman–Crippen LogP) is 3.77.